The van der Waals surface area contributed by atoms with E-state index in [1.807, 2.05) is 0 Å². The highest BCUT2D eigenvalue weighted by Gasteiger charge is 2.20. The van der Waals surface area contributed by atoms with Crippen molar-refractivity contribution in [3.8, 4) is 11.8 Å². The van der Waals surface area contributed by atoms with E-state index in [0.717, 1.165) is 6.07 Å². The molecule has 1 aromatic rings. The minimum atomic E-state index is -2.79. The third-order valence-corrected chi connectivity index (χ3v) is 2.40. The van der Waals surface area contributed by atoms with Crippen LogP contribution in [0.1, 0.15) is 30.0 Å². The Hall–Kier alpha value is -2.16. The van der Waals surface area contributed by atoms with Gasteiger partial charge < -0.3 is 9.47 Å². The maximum atomic E-state index is 12.9. The van der Waals surface area contributed by atoms with Crippen molar-refractivity contribution in [3.05, 3.63) is 28.8 Å². The van der Waals surface area contributed by atoms with Crippen LogP contribution in [-0.4, -0.2) is 19.7 Å². The Bertz CT molecular complexity index is 509. The first-order chi connectivity index (χ1) is 9.03. The van der Waals surface area contributed by atoms with Crippen LogP contribution >= 0.6 is 0 Å². The summed E-state index contributed by atoms with van der Waals surface area (Å²) in [4.78, 5) is 11.4. The molecule has 0 atom stereocenters. The Kier molecular flexibility index (Phi) is 5.24. The lowest BCUT2D eigenvalue weighted by molar-refractivity contribution is -0.142. The second kappa shape index (κ2) is 6.69. The molecule has 0 aromatic heterocycles. The van der Waals surface area contributed by atoms with Gasteiger partial charge in [0.2, 0.25) is 0 Å². The van der Waals surface area contributed by atoms with Gasteiger partial charge in [0, 0.05) is 5.56 Å². The van der Waals surface area contributed by atoms with E-state index in [2.05, 4.69) is 0 Å². The van der Waals surface area contributed by atoms with Gasteiger partial charge in [-0.15, -0.1) is 0 Å². The van der Waals surface area contributed by atoms with Crippen LogP contribution in [0.15, 0.2) is 12.1 Å². The minimum absolute atomic E-state index is 0.0513. The van der Waals surface area contributed by atoms with E-state index >= 15 is 0 Å². The molecule has 0 aliphatic rings. The molecule has 0 spiro atoms. The molecule has 0 saturated carbocycles. The van der Waals surface area contributed by atoms with Gasteiger partial charge >= 0.3 is 5.97 Å². The molecule has 0 aliphatic carbocycles. The highest BCUT2D eigenvalue weighted by atomic mass is 19.3. The van der Waals surface area contributed by atoms with Crippen molar-refractivity contribution in [1.82, 2.24) is 0 Å². The lowest BCUT2D eigenvalue weighted by atomic mass is 10.0. The smallest absolute Gasteiger partial charge is 0.310 e. The van der Waals surface area contributed by atoms with Gasteiger partial charge in [-0.2, -0.15) is 5.26 Å². The molecular formula is C13H13F2NO3. The molecule has 1 aromatic carbocycles. The number of esters is 1. The van der Waals surface area contributed by atoms with Crippen LogP contribution in [0.2, 0.25) is 0 Å². The van der Waals surface area contributed by atoms with Crippen LogP contribution in [0, 0.1) is 11.3 Å². The van der Waals surface area contributed by atoms with Crippen molar-refractivity contribution in [2.75, 3.05) is 13.7 Å². The van der Waals surface area contributed by atoms with E-state index in [-0.39, 0.29) is 29.9 Å². The number of halogens is 2. The molecule has 0 radical (unpaired) electrons. The monoisotopic (exact) mass is 269 g/mol. The third kappa shape index (κ3) is 3.65. The molecule has 0 N–H and O–H groups in total. The quantitative estimate of drug-likeness (QED) is 0.771. The fourth-order valence-electron chi connectivity index (χ4n) is 1.69. The number of benzene rings is 1. The summed E-state index contributed by atoms with van der Waals surface area (Å²) in [6, 6.07) is 4.18. The van der Waals surface area contributed by atoms with Gasteiger partial charge in [-0.3, -0.25) is 4.79 Å². The highest BCUT2D eigenvalue weighted by Crippen LogP contribution is 2.33. The number of rotatable bonds is 5. The SMILES string of the molecule is CCOC(=O)Cc1cc(C#N)cc(C(F)F)c1OC. The van der Waals surface area contributed by atoms with Crippen molar-refractivity contribution in [3.63, 3.8) is 0 Å². The number of methoxy groups -OCH3 is 1. The van der Waals surface area contributed by atoms with Crippen molar-refractivity contribution >= 4 is 5.97 Å². The van der Waals surface area contributed by atoms with Crippen molar-refractivity contribution < 1.29 is 23.0 Å². The number of nitriles is 1. The summed E-state index contributed by atoms with van der Waals surface area (Å²) >= 11 is 0. The maximum absolute atomic E-state index is 12.9. The summed E-state index contributed by atoms with van der Waals surface area (Å²) in [5, 5.41) is 8.82. The number of alkyl halides is 2. The van der Waals surface area contributed by atoms with Crippen molar-refractivity contribution in [2.24, 2.45) is 0 Å². The van der Waals surface area contributed by atoms with Crippen LogP contribution in [0.25, 0.3) is 0 Å². The molecule has 0 aliphatic heterocycles. The summed E-state index contributed by atoms with van der Waals surface area (Å²) < 4.78 is 35.5. The Morgan fingerprint density at radius 2 is 2.16 bits per heavy atom. The van der Waals surface area contributed by atoms with Crippen LogP contribution in [-0.2, 0) is 16.0 Å². The van der Waals surface area contributed by atoms with Crippen molar-refractivity contribution in [2.45, 2.75) is 19.8 Å². The lowest BCUT2D eigenvalue weighted by Gasteiger charge is -2.13. The van der Waals surface area contributed by atoms with Gasteiger partial charge in [0.05, 0.1) is 37.3 Å². The van der Waals surface area contributed by atoms with Gasteiger partial charge in [0.1, 0.15) is 5.75 Å². The van der Waals surface area contributed by atoms with E-state index in [4.69, 9.17) is 14.7 Å². The zero-order chi connectivity index (χ0) is 14.4. The van der Waals surface area contributed by atoms with E-state index in [9.17, 15) is 13.6 Å². The molecule has 0 bridgehead atoms. The summed E-state index contributed by atoms with van der Waals surface area (Å²) in [6.07, 6.45) is -3.00. The van der Waals surface area contributed by atoms with E-state index in [1.165, 1.54) is 13.2 Å². The summed E-state index contributed by atoms with van der Waals surface area (Å²) in [5.74, 6) is -0.641. The summed E-state index contributed by atoms with van der Waals surface area (Å²) in [6.45, 7) is 1.84. The van der Waals surface area contributed by atoms with E-state index in [1.54, 1.807) is 13.0 Å². The Morgan fingerprint density at radius 1 is 1.47 bits per heavy atom. The fourth-order valence-corrected chi connectivity index (χ4v) is 1.69. The molecule has 0 heterocycles. The largest absolute Gasteiger partial charge is 0.496 e. The molecular weight excluding hydrogens is 256 g/mol. The van der Waals surface area contributed by atoms with Gasteiger partial charge in [-0.05, 0) is 19.1 Å². The predicted molar refractivity (Wildman–Crippen MR) is 63.0 cm³/mol. The zero-order valence-corrected chi connectivity index (χ0v) is 10.6. The fraction of sp³-hybridized carbons (Fsp3) is 0.385. The average molecular weight is 269 g/mol. The number of hydrogen-bond donors (Lipinski definition) is 0. The summed E-state index contributed by atoms with van der Waals surface area (Å²) in [5.41, 5.74) is -0.133. The number of nitrogens with zero attached hydrogens (tertiary/aromatic N) is 1. The number of ether oxygens (including phenoxy) is 2. The lowest BCUT2D eigenvalue weighted by Crippen LogP contribution is -2.10. The molecule has 0 unspecified atom stereocenters. The number of carbonyl (C=O) groups excluding carboxylic acids is 1. The van der Waals surface area contributed by atoms with E-state index < -0.39 is 18.0 Å². The Balaban J connectivity index is 3.24. The second-order valence-corrected chi connectivity index (χ2v) is 3.65. The zero-order valence-electron chi connectivity index (χ0n) is 10.6. The first-order valence-corrected chi connectivity index (χ1v) is 5.58. The first kappa shape index (κ1) is 14.9. The number of hydrogen-bond acceptors (Lipinski definition) is 4. The minimum Gasteiger partial charge on any atom is -0.496 e. The van der Waals surface area contributed by atoms with Crippen molar-refractivity contribution in [1.29, 1.82) is 5.26 Å². The molecule has 102 valence electrons. The molecule has 0 fully saturated rings. The van der Waals surface area contributed by atoms with E-state index in [0.29, 0.717) is 0 Å². The molecule has 4 nitrogen and oxygen atoms in total. The molecule has 19 heavy (non-hydrogen) atoms. The Morgan fingerprint density at radius 3 is 2.63 bits per heavy atom. The average Bonchev–Trinajstić information content (AvgIpc) is 2.37. The molecule has 0 amide bonds. The van der Waals surface area contributed by atoms with Gasteiger partial charge in [0.25, 0.3) is 6.43 Å². The third-order valence-electron chi connectivity index (χ3n) is 2.40. The van der Waals surface area contributed by atoms with Crippen LogP contribution < -0.4 is 4.74 Å². The first-order valence-electron chi connectivity index (χ1n) is 5.58. The van der Waals surface area contributed by atoms with Gasteiger partial charge in [-0.25, -0.2) is 8.78 Å². The second-order valence-electron chi connectivity index (χ2n) is 3.65. The molecule has 0 saturated heterocycles. The van der Waals surface area contributed by atoms with Crippen LogP contribution in [0.5, 0.6) is 5.75 Å². The predicted octanol–water partition coefficient (Wildman–Crippen LogP) is 2.61. The highest BCUT2D eigenvalue weighted by molar-refractivity contribution is 5.74. The standard InChI is InChI=1S/C13H13F2NO3/c1-3-19-11(17)6-9-4-8(7-16)5-10(13(14)15)12(9)18-2/h4-5,13H,3,6H2,1-2H3. The van der Waals surface area contributed by atoms with Gasteiger partial charge in [-0.1, -0.05) is 0 Å². The Labute approximate surface area is 109 Å². The summed E-state index contributed by atoms with van der Waals surface area (Å²) in [7, 11) is 1.24. The normalized spacial score (nSPS) is 10.1. The molecule has 6 heteroatoms. The number of carbonyl (C=O) groups is 1. The molecule has 1 rings (SSSR count). The maximum Gasteiger partial charge on any atom is 0.310 e. The van der Waals surface area contributed by atoms with Crippen LogP contribution in [0.3, 0.4) is 0 Å². The van der Waals surface area contributed by atoms with Gasteiger partial charge in [0.15, 0.2) is 0 Å². The topological polar surface area (TPSA) is 59.3 Å². The van der Waals surface area contributed by atoms with Crippen LogP contribution in [0.4, 0.5) is 8.78 Å².